The molecule has 154 valence electrons. The minimum absolute atomic E-state index is 0.604. The van der Waals surface area contributed by atoms with Crippen LogP contribution < -0.4 is 5.32 Å². The highest BCUT2D eigenvalue weighted by atomic mass is 16.6. The number of methoxy groups -OCH3 is 1. The van der Waals surface area contributed by atoms with E-state index in [2.05, 4.69) is 40.5 Å². The summed E-state index contributed by atoms with van der Waals surface area (Å²) in [6.07, 6.45) is 2.41. The molecule has 0 bridgehead atoms. The van der Waals surface area contributed by atoms with Crippen molar-refractivity contribution in [3.8, 4) is 0 Å². The molecule has 0 amide bonds. The van der Waals surface area contributed by atoms with Crippen molar-refractivity contribution < 1.29 is 18.9 Å². The lowest BCUT2D eigenvalue weighted by Crippen LogP contribution is -2.43. The van der Waals surface area contributed by atoms with Gasteiger partial charge in [-0.25, -0.2) is 0 Å². The first-order valence-electron chi connectivity index (χ1n) is 10.1. The monoisotopic (exact) mass is 380 g/mol. The highest BCUT2D eigenvalue weighted by Gasteiger charge is 2.18. The number of hydrogen-bond acceptors (Lipinski definition) is 6. The third kappa shape index (κ3) is 10.8. The molecule has 0 spiro atoms. The molecule has 2 rings (SSSR count). The third-order valence-corrected chi connectivity index (χ3v) is 4.69. The van der Waals surface area contributed by atoms with Crippen LogP contribution in [0.5, 0.6) is 0 Å². The van der Waals surface area contributed by atoms with Crippen molar-refractivity contribution >= 4 is 0 Å². The number of benzene rings is 1. The second kappa shape index (κ2) is 15.0. The molecule has 0 saturated carbocycles. The van der Waals surface area contributed by atoms with Gasteiger partial charge in [0, 0.05) is 26.2 Å². The van der Waals surface area contributed by atoms with E-state index in [1.54, 1.807) is 7.11 Å². The van der Waals surface area contributed by atoms with Gasteiger partial charge in [0.2, 0.25) is 0 Å². The molecule has 6 nitrogen and oxygen atoms in total. The Balaban J connectivity index is 1.36. The number of piperidine rings is 1. The van der Waals surface area contributed by atoms with Gasteiger partial charge in [-0.05, 0) is 31.5 Å². The van der Waals surface area contributed by atoms with E-state index in [0.717, 1.165) is 32.8 Å². The number of nitrogens with zero attached hydrogens (tertiary/aromatic N) is 1. The van der Waals surface area contributed by atoms with Gasteiger partial charge in [0.1, 0.15) is 0 Å². The van der Waals surface area contributed by atoms with Crippen LogP contribution in [0.25, 0.3) is 0 Å². The summed E-state index contributed by atoms with van der Waals surface area (Å²) in [5, 5.41) is 3.61. The van der Waals surface area contributed by atoms with E-state index in [-0.39, 0.29) is 0 Å². The summed E-state index contributed by atoms with van der Waals surface area (Å²) in [6, 6.07) is 11.3. The van der Waals surface area contributed by atoms with Crippen LogP contribution in [0.4, 0.5) is 0 Å². The van der Waals surface area contributed by atoms with Gasteiger partial charge in [-0.1, -0.05) is 30.3 Å². The molecule has 0 radical (unpaired) electrons. The molecule has 0 aliphatic carbocycles. The van der Waals surface area contributed by atoms with Crippen LogP contribution in [0.2, 0.25) is 0 Å². The number of hydrogen-bond donors (Lipinski definition) is 1. The summed E-state index contributed by atoms with van der Waals surface area (Å²) < 4.78 is 21.3. The molecular weight excluding hydrogens is 344 g/mol. The van der Waals surface area contributed by atoms with Gasteiger partial charge in [0.15, 0.2) is 0 Å². The standard InChI is InChI=1S/C21H36N2O4/c1-24-13-14-26-17-18-27-16-15-25-12-9-22-21-7-10-23(11-8-21)19-20-5-3-2-4-6-20/h2-6,21-22H,7-19H2,1H3. The number of rotatable bonds is 15. The lowest BCUT2D eigenvalue weighted by Gasteiger charge is -2.32. The van der Waals surface area contributed by atoms with Crippen LogP contribution in [-0.4, -0.2) is 83.9 Å². The summed E-state index contributed by atoms with van der Waals surface area (Å²) in [4.78, 5) is 2.54. The maximum atomic E-state index is 5.61. The molecule has 0 aromatic heterocycles. The van der Waals surface area contributed by atoms with Crippen LogP contribution in [0.15, 0.2) is 30.3 Å². The van der Waals surface area contributed by atoms with E-state index in [1.807, 2.05) is 0 Å². The lowest BCUT2D eigenvalue weighted by molar-refractivity contribution is 0.00376. The minimum atomic E-state index is 0.604. The molecule has 6 heteroatoms. The lowest BCUT2D eigenvalue weighted by atomic mass is 10.0. The fourth-order valence-corrected chi connectivity index (χ4v) is 3.16. The number of likely N-dealkylation sites (tertiary alicyclic amines) is 1. The Bertz CT molecular complexity index is 453. The molecule has 1 fully saturated rings. The van der Waals surface area contributed by atoms with E-state index >= 15 is 0 Å². The normalized spacial score (nSPS) is 16.0. The first-order valence-corrected chi connectivity index (χ1v) is 10.1. The van der Waals surface area contributed by atoms with Crippen LogP contribution in [-0.2, 0) is 25.5 Å². The van der Waals surface area contributed by atoms with E-state index in [1.165, 1.54) is 18.4 Å². The summed E-state index contributed by atoms with van der Waals surface area (Å²) in [6.45, 7) is 8.73. The van der Waals surface area contributed by atoms with Gasteiger partial charge in [0.25, 0.3) is 0 Å². The van der Waals surface area contributed by atoms with E-state index in [0.29, 0.717) is 45.7 Å². The molecule has 1 aliphatic heterocycles. The fraction of sp³-hybridized carbons (Fsp3) is 0.714. The zero-order chi connectivity index (χ0) is 19.0. The highest BCUT2D eigenvalue weighted by Crippen LogP contribution is 2.13. The van der Waals surface area contributed by atoms with E-state index < -0.39 is 0 Å². The summed E-state index contributed by atoms with van der Waals surface area (Å²) in [5.74, 6) is 0. The van der Waals surface area contributed by atoms with Crippen molar-refractivity contribution in [2.45, 2.75) is 25.4 Å². The highest BCUT2D eigenvalue weighted by molar-refractivity contribution is 5.14. The molecular formula is C21H36N2O4. The average molecular weight is 381 g/mol. The molecule has 1 aromatic rings. The van der Waals surface area contributed by atoms with Gasteiger partial charge in [-0.15, -0.1) is 0 Å². The SMILES string of the molecule is COCCOCCOCCOCCNC1CCN(Cc2ccccc2)CC1. The minimum Gasteiger partial charge on any atom is -0.382 e. The Morgan fingerprint density at radius 3 is 2.07 bits per heavy atom. The Hall–Kier alpha value is -1.02. The first-order chi connectivity index (χ1) is 13.4. The zero-order valence-corrected chi connectivity index (χ0v) is 16.7. The van der Waals surface area contributed by atoms with Crippen LogP contribution in [0.3, 0.4) is 0 Å². The number of nitrogens with one attached hydrogen (secondary N) is 1. The second-order valence-electron chi connectivity index (χ2n) is 6.82. The maximum Gasteiger partial charge on any atom is 0.0701 e. The van der Waals surface area contributed by atoms with Crippen molar-refractivity contribution in [2.75, 3.05) is 73.0 Å². The van der Waals surface area contributed by atoms with Gasteiger partial charge >= 0.3 is 0 Å². The molecule has 1 heterocycles. The molecule has 0 unspecified atom stereocenters. The smallest absolute Gasteiger partial charge is 0.0701 e. The van der Waals surface area contributed by atoms with Gasteiger partial charge in [-0.2, -0.15) is 0 Å². The van der Waals surface area contributed by atoms with Crippen molar-refractivity contribution in [2.24, 2.45) is 0 Å². The summed E-state index contributed by atoms with van der Waals surface area (Å²) in [7, 11) is 1.67. The Morgan fingerprint density at radius 2 is 1.44 bits per heavy atom. The van der Waals surface area contributed by atoms with Crippen molar-refractivity contribution in [1.82, 2.24) is 10.2 Å². The Labute approximate surface area is 164 Å². The van der Waals surface area contributed by atoms with Crippen LogP contribution in [0.1, 0.15) is 18.4 Å². The molecule has 1 saturated heterocycles. The predicted octanol–water partition coefficient (Wildman–Crippen LogP) is 1.94. The Morgan fingerprint density at radius 1 is 0.852 bits per heavy atom. The predicted molar refractivity (Wildman–Crippen MR) is 107 cm³/mol. The molecule has 27 heavy (non-hydrogen) atoms. The molecule has 1 aliphatic rings. The number of ether oxygens (including phenoxy) is 4. The maximum absolute atomic E-state index is 5.61. The second-order valence-corrected chi connectivity index (χ2v) is 6.82. The largest absolute Gasteiger partial charge is 0.382 e. The molecule has 0 atom stereocenters. The topological polar surface area (TPSA) is 52.2 Å². The molecule has 1 aromatic carbocycles. The van der Waals surface area contributed by atoms with Crippen molar-refractivity contribution in [1.29, 1.82) is 0 Å². The third-order valence-electron chi connectivity index (χ3n) is 4.69. The van der Waals surface area contributed by atoms with Gasteiger partial charge in [-0.3, -0.25) is 4.90 Å². The quantitative estimate of drug-likeness (QED) is 0.469. The van der Waals surface area contributed by atoms with Gasteiger partial charge < -0.3 is 24.3 Å². The van der Waals surface area contributed by atoms with Crippen molar-refractivity contribution in [3.05, 3.63) is 35.9 Å². The van der Waals surface area contributed by atoms with Crippen LogP contribution >= 0.6 is 0 Å². The Kier molecular flexibility index (Phi) is 12.3. The van der Waals surface area contributed by atoms with Crippen LogP contribution in [0, 0.1) is 0 Å². The summed E-state index contributed by atoms with van der Waals surface area (Å²) in [5.41, 5.74) is 1.40. The van der Waals surface area contributed by atoms with Gasteiger partial charge in [0.05, 0.1) is 46.2 Å². The molecule has 1 N–H and O–H groups in total. The van der Waals surface area contributed by atoms with E-state index in [9.17, 15) is 0 Å². The van der Waals surface area contributed by atoms with E-state index in [4.69, 9.17) is 18.9 Å². The van der Waals surface area contributed by atoms with Crippen molar-refractivity contribution in [3.63, 3.8) is 0 Å². The zero-order valence-electron chi connectivity index (χ0n) is 16.7. The first kappa shape index (κ1) is 22.3. The fourth-order valence-electron chi connectivity index (χ4n) is 3.16. The average Bonchev–Trinajstić information content (AvgIpc) is 2.71. The summed E-state index contributed by atoms with van der Waals surface area (Å²) >= 11 is 0.